The zero-order valence-electron chi connectivity index (χ0n) is 10.4. The van der Waals surface area contributed by atoms with E-state index >= 15 is 0 Å². The number of anilines is 2. The number of ether oxygens (including phenoxy) is 1. The van der Waals surface area contributed by atoms with Gasteiger partial charge in [0.05, 0.1) is 11.4 Å². The fraction of sp³-hybridized carbons (Fsp3) is 0.0667. The summed E-state index contributed by atoms with van der Waals surface area (Å²) in [6.45, 7) is 3.00. The average Bonchev–Trinajstić information content (AvgIpc) is 2.40. The molecule has 0 saturated heterocycles. The summed E-state index contributed by atoms with van der Waals surface area (Å²) in [4.78, 5) is 13.5. The fourth-order valence-corrected chi connectivity index (χ4v) is 1.89. The number of halogens is 1. The van der Waals surface area contributed by atoms with Crippen LogP contribution >= 0.6 is 11.6 Å². The molecule has 1 amide bonds. The Morgan fingerprint density at radius 2 is 1.79 bits per heavy atom. The zero-order chi connectivity index (χ0) is 13.7. The third-order valence-electron chi connectivity index (χ3n) is 2.48. The summed E-state index contributed by atoms with van der Waals surface area (Å²) in [6.07, 6.45) is -0.476. The van der Waals surface area contributed by atoms with Gasteiger partial charge in [0.2, 0.25) is 0 Å². The Kier molecular flexibility index (Phi) is 4.42. The van der Waals surface area contributed by atoms with Crippen molar-refractivity contribution >= 4 is 29.1 Å². The molecule has 0 aromatic heterocycles. The topological polar surface area (TPSA) is 29.5 Å². The lowest BCUT2D eigenvalue weighted by Crippen LogP contribution is -2.25. The van der Waals surface area contributed by atoms with E-state index in [4.69, 9.17) is 16.3 Å². The lowest BCUT2D eigenvalue weighted by Gasteiger charge is -2.22. The summed E-state index contributed by atoms with van der Waals surface area (Å²) in [5.41, 5.74) is 1.38. The predicted molar refractivity (Wildman–Crippen MR) is 76.5 cm³/mol. The first-order chi connectivity index (χ1) is 9.22. The number of amides is 1. The second-order valence-corrected chi connectivity index (χ2v) is 4.21. The molecule has 2 aromatic rings. The van der Waals surface area contributed by atoms with Crippen LogP contribution < -0.4 is 4.90 Å². The van der Waals surface area contributed by atoms with Crippen LogP contribution in [0.2, 0.25) is 5.02 Å². The molecule has 0 N–H and O–H groups in total. The molecule has 0 fully saturated rings. The molecule has 4 heteroatoms. The highest BCUT2D eigenvalue weighted by Gasteiger charge is 2.19. The zero-order valence-corrected chi connectivity index (χ0v) is 11.2. The van der Waals surface area contributed by atoms with Crippen molar-refractivity contribution in [1.82, 2.24) is 0 Å². The third-order valence-corrected chi connectivity index (χ3v) is 2.72. The van der Waals surface area contributed by atoms with E-state index in [0.717, 1.165) is 5.69 Å². The van der Waals surface area contributed by atoms with Crippen LogP contribution in [0, 0.1) is 6.61 Å². The fourth-order valence-electron chi connectivity index (χ4n) is 1.71. The van der Waals surface area contributed by atoms with Gasteiger partial charge in [-0.2, -0.15) is 0 Å². The van der Waals surface area contributed by atoms with Crippen molar-refractivity contribution in [3.05, 3.63) is 66.2 Å². The quantitative estimate of drug-likeness (QED) is 0.805. The van der Waals surface area contributed by atoms with E-state index in [1.807, 2.05) is 30.3 Å². The minimum absolute atomic E-state index is 0.476. The van der Waals surface area contributed by atoms with E-state index in [9.17, 15) is 4.79 Å². The number of carbonyl (C=O) groups is 1. The standard InChI is InChI=1S/C15H13ClNO2/c1-2-19-15(18)17(13-8-4-3-5-9-13)14-10-6-7-12(16)11-14/h2-11H,1H3. The van der Waals surface area contributed by atoms with Gasteiger partial charge in [0.25, 0.3) is 0 Å². The van der Waals surface area contributed by atoms with Gasteiger partial charge in [-0.3, -0.25) is 0 Å². The van der Waals surface area contributed by atoms with Crippen LogP contribution in [0.5, 0.6) is 0 Å². The van der Waals surface area contributed by atoms with Crippen LogP contribution in [-0.4, -0.2) is 6.09 Å². The molecule has 2 aromatic carbocycles. The number of para-hydroxylation sites is 1. The maximum atomic E-state index is 12.1. The second kappa shape index (κ2) is 6.25. The molecular formula is C15H13ClNO2. The van der Waals surface area contributed by atoms with Crippen LogP contribution in [0.25, 0.3) is 0 Å². The molecule has 97 valence electrons. The van der Waals surface area contributed by atoms with E-state index in [1.165, 1.54) is 11.5 Å². The Morgan fingerprint density at radius 3 is 2.42 bits per heavy atom. The van der Waals surface area contributed by atoms with Crippen molar-refractivity contribution in [2.24, 2.45) is 0 Å². The van der Waals surface area contributed by atoms with Gasteiger partial charge >= 0.3 is 6.09 Å². The summed E-state index contributed by atoms with van der Waals surface area (Å²) in [5.74, 6) is 0. The number of nitrogens with zero attached hydrogens (tertiary/aromatic N) is 1. The monoisotopic (exact) mass is 274 g/mol. The van der Waals surface area contributed by atoms with Crippen molar-refractivity contribution in [2.75, 3.05) is 4.90 Å². The SMILES string of the molecule is C[CH]OC(=O)N(c1ccccc1)c1cccc(Cl)c1. The highest BCUT2D eigenvalue weighted by molar-refractivity contribution is 6.31. The van der Waals surface area contributed by atoms with Gasteiger partial charge in [-0.05, 0) is 37.3 Å². The molecule has 0 aliphatic rings. The maximum absolute atomic E-state index is 12.1. The Bertz CT molecular complexity index is 557. The van der Waals surface area contributed by atoms with Gasteiger partial charge in [0, 0.05) is 5.02 Å². The van der Waals surface area contributed by atoms with Gasteiger partial charge in [-0.15, -0.1) is 0 Å². The first-order valence-electron chi connectivity index (χ1n) is 5.81. The minimum Gasteiger partial charge on any atom is -0.442 e. The van der Waals surface area contributed by atoms with Crippen molar-refractivity contribution < 1.29 is 9.53 Å². The molecule has 0 saturated carbocycles. The van der Waals surface area contributed by atoms with E-state index in [0.29, 0.717) is 10.7 Å². The van der Waals surface area contributed by atoms with Crippen LogP contribution in [-0.2, 0) is 4.74 Å². The van der Waals surface area contributed by atoms with E-state index in [1.54, 1.807) is 31.2 Å². The Hall–Kier alpha value is -2.00. The highest BCUT2D eigenvalue weighted by atomic mass is 35.5. The van der Waals surface area contributed by atoms with Crippen LogP contribution in [0.4, 0.5) is 16.2 Å². The Balaban J connectivity index is 2.43. The van der Waals surface area contributed by atoms with E-state index in [-0.39, 0.29) is 0 Å². The van der Waals surface area contributed by atoms with Gasteiger partial charge in [-0.1, -0.05) is 35.9 Å². The smallest absolute Gasteiger partial charge is 0.419 e. The normalized spacial score (nSPS) is 10.0. The molecule has 0 aliphatic carbocycles. The molecule has 0 heterocycles. The van der Waals surface area contributed by atoms with Gasteiger partial charge < -0.3 is 4.74 Å². The molecule has 0 unspecified atom stereocenters. The number of hydrogen-bond donors (Lipinski definition) is 0. The summed E-state index contributed by atoms with van der Waals surface area (Å²) in [5, 5.41) is 0.562. The number of benzene rings is 2. The molecule has 3 nitrogen and oxygen atoms in total. The molecule has 2 rings (SSSR count). The van der Waals surface area contributed by atoms with Crippen molar-refractivity contribution in [1.29, 1.82) is 0 Å². The maximum Gasteiger partial charge on any atom is 0.419 e. The highest BCUT2D eigenvalue weighted by Crippen LogP contribution is 2.28. The van der Waals surface area contributed by atoms with E-state index in [2.05, 4.69) is 0 Å². The summed E-state index contributed by atoms with van der Waals surface area (Å²) < 4.78 is 4.97. The van der Waals surface area contributed by atoms with Crippen LogP contribution in [0.15, 0.2) is 54.6 Å². The first kappa shape index (κ1) is 13.4. The van der Waals surface area contributed by atoms with Crippen molar-refractivity contribution in [2.45, 2.75) is 6.92 Å². The number of carbonyl (C=O) groups excluding carboxylic acids is 1. The number of hydrogen-bond acceptors (Lipinski definition) is 2. The molecule has 0 atom stereocenters. The number of rotatable bonds is 3. The van der Waals surface area contributed by atoms with Crippen LogP contribution in [0.1, 0.15) is 6.92 Å². The van der Waals surface area contributed by atoms with Crippen molar-refractivity contribution in [3.8, 4) is 0 Å². The van der Waals surface area contributed by atoms with Gasteiger partial charge in [0.1, 0.15) is 6.61 Å². The Labute approximate surface area is 117 Å². The third kappa shape index (κ3) is 3.26. The summed E-state index contributed by atoms with van der Waals surface area (Å²) >= 11 is 5.97. The average molecular weight is 275 g/mol. The van der Waals surface area contributed by atoms with Crippen LogP contribution in [0.3, 0.4) is 0 Å². The Morgan fingerprint density at radius 1 is 1.11 bits per heavy atom. The lowest BCUT2D eigenvalue weighted by molar-refractivity contribution is 0.183. The van der Waals surface area contributed by atoms with Gasteiger partial charge in [-0.25, -0.2) is 9.69 Å². The first-order valence-corrected chi connectivity index (χ1v) is 6.19. The van der Waals surface area contributed by atoms with E-state index < -0.39 is 6.09 Å². The molecule has 0 spiro atoms. The molecule has 19 heavy (non-hydrogen) atoms. The summed E-state index contributed by atoms with van der Waals surface area (Å²) in [7, 11) is 0. The molecular weight excluding hydrogens is 262 g/mol. The second-order valence-electron chi connectivity index (χ2n) is 3.77. The van der Waals surface area contributed by atoms with Gasteiger partial charge in [0.15, 0.2) is 0 Å². The molecule has 1 radical (unpaired) electrons. The summed E-state index contributed by atoms with van der Waals surface area (Å²) in [6, 6.07) is 16.3. The molecule has 0 aliphatic heterocycles. The minimum atomic E-state index is -0.476. The predicted octanol–water partition coefficient (Wildman–Crippen LogP) is 4.80. The van der Waals surface area contributed by atoms with Crippen molar-refractivity contribution in [3.63, 3.8) is 0 Å². The molecule has 0 bridgehead atoms. The largest absolute Gasteiger partial charge is 0.442 e. The lowest BCUT2D eigenvalue weighted by atomic mass is 10.2.